The number of carbonyl (C=O) groups excluding carboxylic acids is 2. The van der Waals surface area contributed by atoms with Crippen LogP contribution in [0, 0.1) is 0 Å². The van der Waals surface area contributed by atoms with E-state index in [9.17, 15) is 9.59 Å². The molecule has 2 aromatic rings. The first-order valence-electron chi connectivity index (χ1n) is 10.5. The van der Waals surface area contributed by atoms with Gasteiger partial charge in [-0.1, -0.05) is 59.3 Å². The number of piperidine rings is 1. The number of carbonyl (C=O) groups is 2. The molecular weight excluding hydrogens is 428 g/mol. The molecule has 0 N–H and O–H groups in total. The minimum atomic E-state index is 0.0892. The van der Waals surface area contributed by atoms with E-state index < -0.39 is 0 Å². The van der Waals surface area contributed by atoms with Crippen LogP contribution in [-0.4, -0.2) is 47.3 Å². The summed E-state index contributed by atoms with van der Waals surface area (Å²) in [6, 6.07) is 17.7. The largest absolute Gasteiger partial charge is 0.340 e. The Hall–Kier alpha value is -2.14. The lowest BCUT2D eigenvalue weighted by Crippen LogP contribution is -2.49. The Morgan fingerprint density at radius 1 is 1.03 bits per heavy atom. The number of likely N-dealkylation sites (tertiary alicyclic amines) is 1. The van der Waals surface area contributed by atoms with Crippen LogP contribution in [0.15, 0.2) is 59.1 Å². The number of rotatable bonds is 7. The van der Waals surface area contributed by atoms with Gasteiger partial charge in [0.2, 0.25) is 5.91 Å². The summed E-state index contributed by atoms with van der Waals surface area (Å²) in [5.41, 5.74) is 1.90. The minimum Gasteiger partial charge on any atom is -0.340 e. The number of nitrogens with zero attached hydrogens (tertiary/aromatic N) is 2. The van der Waals surface area contributed by atoms with Gasteiger partial charge in [-0.05, 0) is 49.4 Å². The molecule has 0 unspecified atom stereocenters. The second kappa shape index (κ2) is 10.6. The molecule has 2 amide bonds. The first-order chi connectivity index (χ1) is 14.1. The van der Waals surface area contributed by atoms with Gasteiger partial charge in [-0.25, -0.2) is 0 Å². The van der Waals surface area contributed by atoms with E-state index in [-0.39, 0.29) is 17.9 Å². The highest BCUT2D eigenvalue weighted by atomic mass is 79.9. The summed E-state index contributed by atoms with van der Waals surface area (Å²) in [5, 5.41) is 0. The third-order valence-electron chi connectivity index (χ3n) is 5.56. The van der Waals surface area contributed by atoms with Gasteiger partial charge < -0.3 is 9.80 Å². The highest BCUT2D eigenvalue weighted by molar-refractivity contribution is 9.10. The van der Waals surface area contributed by atoms with Crippen molar-refractivity contribution in [1.82, 2.24) is 9.80 Å². The predicted octanol–water partition coefficient (Wildman–Crippen LogP) is 4.93. The molecule has 0 bridgehead atoms. The molecule has 1 aliphatic heterocycles. The van der Waals surface area contributed by atoms with E-state index in [0.29, 0.717) is 19.5 Å². The van der Waals surface area contributed by atoms with Crippen LogP contribution in [0.25, 0.3) is 0 Å². The molecule has 0 atom stereocenters. The van der Waals surface area contributed by atoms with Crippen LogP contribution in [0.4, 0.5) is 0 Å². The first kappa shape index (κ1) is 21.6. The standard InChI is InChI=1S/C24H29BrN2O2/c1-2-16-27(23(28)13-12-19-8-6-7-11-22(19)25)21-14-17-26(18-15-21)24(29)20-9-4-3-5-10-20/h3-11,21H,2,12-18H2,1H3. The lowest BCUT2D eigenvalue weighted by Gasteiger charge is -2.38. The second-order valence-electron chi connectivity index (χ2n) is 7.57. The lowest BCUT2D eigenvalue weighted by molar-refractivity contribution is -0.134. The summed E-state index contributed by atoms with van der Waals surface area (Å²) >= 11 is 3.57. The SMILES string of the molecule is CCCN(C(=O)CCc1ccccc1Br)C1CCN(C(=O)c2ccccc2)CC1. The molecule has 154 valence electrons. The molecule has 1 aliphatic rings. The van der Waals surface area contributed by atoms with E-state index in [1.54, 1.807) is 0 Å². The van der Waals surface area contributed by atoms with Gasteiger partial charge in [-0.2, -0.15) is 0 Å². The van der Waals surface area contributed by atoms with Crippen molar-refractivity contribution in [3.63, 3.8) is 0 Å². The van der Waals surface area contributed by atoms with Crippen molar-refractivity contribution >= 4 is 27.7 Å². The fourth-order valence-electron chi connectivity index (χ4n) is 3.98. The molecule has 0 radical (unpaired) electrons. The van der Waals surface area contributed by atoms with Gasteiger partial charge in [0.05, 0.1) is 0 Å². The third kappa shape index (κ3) is 5.69. The van der Waals surface area contributed by atoms with E-state index in [1.165, 1.54) is 5.56 Å². The molecule has 0 aliphatic carbocycles. The number of hydrogen-bond acceptors (Lipinski definition) is 2. The molecule has 0 aromatic heterocycles. The predicted molar refractivity (Wildman–Crippen MR) is 120 cm³/mol. The fourth-order valence-corrected chi connectivity index (χ4v) is 4.47. The van der Waals surface area contributed by atoms with Crippen molar-refractivity contribution in [1.29, 1.82) is 0 Å². The number of amides is 2. The normalized spacial score (nSPS) is 14.6. The lowest BCUT2D eigenvalue weighted by atomic mass is 10.0. The van der Waals surface area contributed by atoms with E-state index in [0.717, 1.165) is 42.3 Å². The van der Waals surface area contributed by atoms with E-state index in [2.05, 4.69) is 33.8 Å². The van der Waals surface area contributed by atoms with Crippen molar-refractivity contribution in [2.24, 2.45) is 0 Å². The Balaban J connectivity index is 1.56. The van der Waals surface area contributed by atoms with Gasteiger partial charge >= 0.3 is 0 Å². The number of halogens is 1. The maximum Gasteiger partial charge on any atom is 0.253 e. The van der Waals surface area contributed by atoms with Crippen molar-refractivity contribution in [2.45, 2.75) is 45.1 Å². The summed E-state index contributed by atoms with van der Waals surface area (Å²) in [5.74, 6) is 0.307. The summed E-state index contributed by atoms with van der Waals surface area (Å²) < 4.78 is 1.06. The zero-order valence-electron chi connectivity index (χ0n) is 17.0. The summed E-state index contributed by atoms with van der Waals surface area (Å²) in [6.07, 6.45) is 3.90. The summed E-state index contributed by atoms with van der Waals surface area (Å²) in [6.45, 7) is 4.31. The highest BCUT2D eigenvalue weighted by Crippen LogP contribution is 2.22. The van der Waals surface area contributed by atoms with Crippen molar-refractivity contribution < 1.29 is 9.59 Å². The van der Waals surface area contributed by atoms with E-state index in [4.69, 9.17) is 0 Å². The van der Waals surface area contributed by atoms with Gasteiger partial charge in [-0.15, -0.1) is 0 Å². The van der Waals surface area contributed by atoms with Gasteiger partial charge in [0.15, 0.2) is 0 Å². The van der Waals surface area contributed by atoms with Crippen LogP contribution in [0.3, 0.4) is 0 Å². The number of benzene rings is 2. The Bertz CT molecular complexity index is 817. The quantitative estimate of drug-likeness (QED) is 0.592. The monoisotopic (exact) mass is 456 g/mol. The molecule has 2 aromatic carbocycles. The van der Waals surface area contributed by atoms with Crippen LogP contribution in [0.1, 0.15) is 48.5 Å². The first-order valence-corrected chi connectivity index (χ1v) is 11.3. The average molecular weight is 457 g/mol. The maximum absolute atomic E-state index is 13.0. The molecule has 1 fully saturated rings. The molecule has 29 heavy (non-hydrogen) atoms. The maximum atomic E-state index is 13.0. The zero-order valence-corrected chi connectivity index (χ0v) is 18.6. The molecule has 1 heterocycles. The van der Waals surface area contributed by atoms with Crippen LogP contribution < -0.4 is 0 Å². The van der Waals surface area contributed by atoms with Gasteiger partial charge in [0, 0.05) is 42.1 Å². The smallest absolute Gasteiger partial charge is 0.253 e. The van der Waals surface area contributed by atoms with E-state index >= 15 is 0 Å². The Morgan fingerprint density at radius 2 is 1.69 bits per heavy atom. The van der Waals surface area contributed by atoms with Crippen LogP contribution in [0.5, 0.6) is 0 Å². The molecule has 5 heteroatoms. The Labute approximate surface area is 182 Å². The minimum absolute atomic E-state index is 0.0892. The Kier molecular flexibility index (Phi) is 7.87. The van der Waals surface area contributed by atoms with Crippen LogP contribution >= 0.6 is 15.9 Å². The van der Waals surface area contributed by atoms with Gasteiger partial charge in [0.1, 0.15) is 0 Å². The molecule has 3 rings (SSSR count). The highest BCUT2D eigenvalue weighted by Gasteiger charge is 2.29. The molecule has 4 nitrogen and oxygen atoms in total. The molecule has 1 saturated heterocycles. The fraction of sp³-hybridized carbons (Fsp3) is 0.417. The van der Waals surface area contributed by atoms with Crippen molar-refractivity contribution in [2.75, 3.05) is 19.6 Å². The number of hydrogen-bond donors (Lipinski definition) is 0. The van der Waals surface area contributed by atoms with Crippen LogP contribution in [0.2, 0.25) is 0 Å². The van der Waals surface area contributed by atoms with Crippen molar-refractivity contribution in [3.8, 4) is 0 Å². The zero-order chi connectivity index (χ0) is 20.6. The van der Waals surface area contributed by atoms with Gasteiger partial charge in [0.25, 0.3) is 5.91 Å². The number of aryl methyl sites for hydroxylation is 1. The van der Waals surface area contributed by atoms with Crippen LogP contribution in [-0.2, 0) is 11.2 Å². The summed E-state index contributed by atoms with van der Waals surface area (Å²) in [4.78, 5) is 29.6. The molecule has 0 spiro atoms. The summed E-state index contributed by atoms with van der Waals surface area (Å²) in [7, 11) is 0. The van der Waals surface area contributed by atoms with Gasteiger partial charge in [-0.3, -0.25) is 9.59 Å². The Morgan fingerprint density at radius 3 is 2.34 bits per heavy atom. The topological polar surface area (TPSA) is 40.6 Å². The second-order valence-corrected chi connectivity index (χ2v) is 8.42. The van der Waals surface area contributed by atoms with Crippen molar-refractivity contribution in [3.05, 3.63) is 70.2 Å². The third-order valence-corrected chi connectivity index (χ3v) is 6.34. The van der Waals surface area contributed by atoms with E-state index in [1.807, 2.05) is 53.4 Å². The molecule has 0 saturated carbocycles. The molecular formula is C24H29BrN2O2. The average Bonchev–Trinajstić information content (AvgIpc) is 2.77.